The molecule has 0 saturated carbocycles. The van der Waals surface area contributed by atoms with E-state index in [2.05, 4.69) is 152 Å². The van der Waals surface area contributed by atoms with Crippen molar-refractivity contribution in [2.24, 2.45) is 4.99 Å². The lowest BCUT2D eigenvalue weighted by atomic mass is 9.86. The molecule has 1 aliphatic carbocycles. The van der Waals surface area contributed by atoms with Gasteiger partial charge in [-0.3, -0.25) is 4.99 Å². The van der Waals surface area contributed by atoms with Gasteiger partial charge in [0.15, 0.2) is 0 Å². The zero-order valence-corrected chi connectivity index (χ0v) is 26.8. The number of pyridine rings is 1. The smallest absolute Gasteiger partial charge is 0.0715 e. The van der Waals surface area contributed by atoms with E-state index < -0.39 is 0 Å². The number of benzene rings is 8. The molecular formula is C47H30N2. The predicted octanol–water partition coefficient (Wildman–Crippen LogP) is 12.3. The summed E-state index contributed by atoms with van der Waals surface area (Å²) in [7, 11) is 0. The van der Waals surface area contributed by atoms with Crippen LogP contribution in [-0.4, -0.2) is 10.7 Å². The molecule has 228 valence electrons. The largest absolute Gasteiger partial charge is 0.252 e. The molecule has 8 aromatic carbocycles. The van der Waals surface area contributed by atoms with Gasteiger partial charge in [0.2, 0.25) is 0 Å². The molecular weight excluding hydrogens is 593 g/mol. The van der Waals surface area contributed by atoms with Gasteiger partial charge in [0.1, 0.15) is 0 Å². The first-order chi connectivity index (χ1) is 24.3. The molecule has 0 spiro atoms. The first-order valence-electron chi connectivity index (χ1n) is 17.2. The number of aliphatic imine (C=N–C) groups is 1. The lowest BCUT2D eigenvalue weighted by molar-refractivity contribution is 0.726. The highest BCUT2D eigenvalue weighted by Crippen LogP contribution is 2.45. The predicted molar refractivity (Wildman–Crippen MR) is 205 cm³/mol. The van der Waals surface area contributed by atoms with Crippen LogP contribution in [-0.2, 0) is 6.42 Å². The number of aromatic nitrogens is 1. The highest BCUT2D eigenvalue weighted by molar-refractivity contribution is 6.34. The van der Waals surface area contributed by atoms with Gasteiger partial charge < -0.3 is 0 Å². The molecule has 2 heterocycles. The summed E-state index contributed by atoms with van der Waals surface area (Å²) >= 11 is 0. The third-order valence-electron chi connectivity index (χ3n) is 11.0. The molecule has 0 radical (unpaired) electrons. The van der Waals surface area contributed by atoms with Crippen molar-refractivity contribution in [3.05, 3.63) is 168 Å². The molecule has 1 aliphatic heterocycles. The maximum atomic E-state index is 5.41. The second-order valence-electron chi connectivity index (χ2n) is 13.6. The zero-order valence-electron chi connectivity index (χ0n) is 26.8. The van der Waals surface area contributed by atoms with Gasteiger partial charge in [-0.2, -0.15) is 0 Å². The monoisotopic (exact) mass is 622 g/mol. The van der Waals surface area contributed by atoms with Gasteiger partial charge in [-0.25, -0.2) is 4.98 Å². The first-order valence-corrected chi connectivity index (χ1v) is 17.2. The van der Waals surface area contributed by atoms with E-state index in [1.807, 2.05) is 0 Å². The van der Waals surface area contributed by atoms with Gasteiger partial charge in [0.25, 0.3) is 0 Å². The van der Waals surface area contributed by atoms with E-state index in [9.17, 15) is 0 Å². The Morgan fingerprint density at radius 3 is 1.98 bits per heavy atom. The van der Waals surface area contributed by atoms with Crippen molar-refractivity contribution in [3.8, 4) is 33.6 Å². The van der Waals surface area contributed by atoms with Crippen LogP contribution in [0.4, 0.5) is 5.69 Å². The molecule has 1 aromatic heterocycles. The van der Waals surface area contributed by atoms with Crippen molar-refractivity contribution in [2.75, 3.05) is 0 Å². The number of hydrogen-bond donors (Lipinski definition) is 0. The maximum Gasteiger partial charge on any atom is 0.0715 e. The van der Waals surface area contributed by atoms with Crippen LogP contribution in [0.3, 0.4) is 0 Å². The van der Waals surface area contributed by atoms with E-state index in [-0.39, 0.29) is 0 Å². The quantitative estimate of drug-likeness (QED) is 0.139. The molecule has 0 amide bonds. The number of nitrogens with zero attached hydrogens (tertiary/aromatic N) is 2. The minimum atomic E-state index is 0.392. The Morgan fingerprint density at radius 1 is 0.449 bits per heavy atom. The van der Waals surface area contributed by atoms with E-state index in [1.54, 1.807) is 0 Å². The molecule has 11 rings (SSSR count). The summed E-state index contributed by atoms with van der Waals surface area (Å²) in [4.78, 5) is 10.7. The summed E-state index contributed by atoms with van der Waals surface area (Å²) < 4.78 is 0. The van der Waals surface area contributed by atoms with E-state index in [1.165, 1.54) is 76.6 Å². The fourth-order valence-electron chi connectivity index (χ4n) is 8.83. The Hall–Kier alpha value is -6.12. The topological polar surface area (TPSA) is 25.2 Å². The van der Waals surface area contributed by atoms with E-state index in [0.717, 1.165) is 41.0 Å². The maximum absolute atomic E-state index is 5.41. The first kappa shape index (κ1) is 26.9. The molecule has 1 unspecified atom stereocenters. The Labute approximate surface area is 284 Å². The Kier molecular flexibility index (Phi) is 5.59. The van der Waals surface area contributed by atoms with Gasteiger partial charge >= 0.3 is 0 Å². The molecule has 2 bridgehead atoms. The summed E-state index contributed by atoms with van der Waals surface area (Å²) in [6, 6.07) is 55.5. The standard InChI is InChI=1S/C47H30N2/c1-2-12-33-32(11-1)31-25-29-21-22-30(26-44(29)49-45(27-31)35-14-4-3-13-34(33)35)42-19-8-20-43(48-42)36-23-24-41-39-16-6-10-28-9-5-15-38(46(28)39)40-18-7-17-37(36)47(40)41/h1-24,26,31H,25,27H2. The molecule has 0 N–H and O–H groups in total. The van der Waals surface area contributed by atoms with Crippen LogP contribution >= 0.6 is 0 Å². The Morgan fingerprint density at radius 2 is 1.12 bits per heavy atom. The van der Waals surface area contributed by atoms with Crippen LogP contribution in [0.5, 0.6) is 0 Å². The van der Waals surface area contributed by atoms with E-state index >= 15 is 0 Å². The van der Waals surface area contributed by atoms with Crippen molar-refractivity contribution < 1.29 is 0 Å². The zero-order chi connectivity index (χ0) is 32.1. The molecule has 2 nitrogen and oxygen atoms in total. The third kappa shape index (κ3) is 3.95. The fraction of sp³-hybridized carbons (Fsp3) is 0.0638. The summed E-state index contributed by atoms with van der Waals surface area (Å²) in [5.74, 6) is 0.392. The van der Waals surface area contributed by atoms with Crippen LogP contribution in [0.2, 0.25) is 0 Å². The number of hydrogen-bond acceptors (Lipinski definition) is 2. The second kappa shape index (κ2) is 10.2. The molecule has 0 fully saturated rings. The van der Waals surface area contributed by atoms with Gasteiger partial charge in [-0.1, -0.05) is 133 Å². The molecule has 2 aliphatic rings. The molecule has 2 heteroatoms. The minimum Gasteiger partial charge on any atom is -0.252 e. The van der Waals surface area contributed by atoms with Crippen LogP contribution in [0, 0.1) is 0 Å². The van der Waals surface area contributed by atoms with Gasteiger partial charge in [0.05, 0.1) is 17.1 Å². The van der Waals surface area contributed by atoms with Gasteiger partial charge in [0, 0.05) is 22.4 Å². The normalized spacial score (nSPS) is 15.1. The summed E-state index contributed by atoms with van der Waals surface area (Å²) in [5.41, 5.74) is 13.0. The Balaban J connectivity index is 1.05. The average Bonchev–Trinajstić information content (AvgIpc) is 3.43. The van der Waals surface area contributed by atoms with Crippen molar-refractivity contribution in [2.45, 2.75) is 18.8 Å². The lowest BCUT2D eigenvalue weighted by Gasteiger charge is -2.18. The molecule has 0 saturated heterocycles. The highest BCUT2D eigenvalue weighted by Gasteiger charge is 2.29. The van der Waals surface area contributed by atoms with Gasteiger partial charge in [-0.15, -0.1) is 0 Å². The van der Waals surface area contributed by atoms with Gasteiger partial charge in [-0.05, 0) is 102 Å². The average molecular weight is 623 g/mol. The third-order valence-corrected chi connectivity index (χ3v) is 11.0. The number of fused-ring (bicyclic) bond motifs is 10. The van der Waals surface area contributed by atoms with E-state index in [0.29, 0.717) is 5.92 Å². The second-order valence-corrected chi connectivity index (χ2v) is 13.6. The van der Waals surface area contributed by atoms with E-state index in [4.69, 9.17) is 9.98 Å². The molecule has 9 aromatic rings. The summed E-state index contributed by atoms with van der Waals surface area (Å²) in [6.45, 7) is 0. The van der Waals surface area contributed by atoms with Crippen LogP contribution < -0.4 is 0 Å². The highest BCUT2D eigenvalue weighted by atomic mass is 14.8. The van der Waals surface area contributed by atoms with Crippen molar-refractivity contribution in [1.82, 2.24) is 4.98 Å². The number of rotatable bonds is 2. The summed E-state index contributed by atoms with van der Waals surface area (Å²) in [5, 5.41) is 10.4. The molecule has 1 atom stereocenters. The molecule has 49 heavy (non-hydrogen) atoms. The SMILES string of the molecule is c1cc(-c2ccc3c(c2)N=C2CC(C3)c3ccccc3-c3ccccc32)nc(-c2ccc3c4cccc5cccc(c6cccc2c63)c54)c1. The van der Waals surface area contributed by atoms with Crippen LogP contribution in [0.1, 0.15) is 29.0 Å². The lowest BCUT2D eigenvalue weighted by Crippen LogP contribution is -2.06. The van der Waals surface area contributed by atoms with Crippen molar-refractivity contribution in [3.63, 3.8) is 0 Å². The van der Waals surface area contributed by atoms with Crippen LogP contribution in [0.25, 0.3) is 76.7 Å². The van der Waals surface area contributed by atoms with Crippen molar-refractivity contribution in [1.29, 1.82) is 0 Å². The Bertz CT molecular complexity index is 2790. The minimum absolute atomic E-state index is 0.392. The fourth-order valence-corrected chi connectivity index (χ4v) is 8.83. The summed E-state index contributed by atoms with van der Waals surface area (Å²) in [6.07, 6.45) is 1.91. The van der Waals surface area contributed by atoms with Crippen molar-refractivity contribution >= 4 is 54.5 Å². The van der Waals surface area contributed by atoms with Crippen LogP contribution in [0.15, 0.2) is 157 Å².